The largest absolute Gasteiger partial charge is 0.350 e. The fourth-order valence-corrected chi connectivity index (χ4v) is 1.43. The van der Waals surface area contributed by atoms with Crippen LogP contribution in [0.3, 0.4) is 0 Å². The van der Waals surface area contributed by atoms with Crippen LogP contribution >= 0.6 is 0 Å². The lowest BCUT2D eigenvalue weighted by atomic mass is 10.3. The first-order valence-electron chi connectivity index (χ1n) is 4.65. The monoisotopic (exact) mass is 242 g/mol. The second-order valence-electron chi connectivity index (χ2n) is 3.09. The van der Waals surface area contributed by atoms with E-state index in [2.05, 4.69) is 15.7 Å². The van der Waals surface area contributed by atoms with Gasteiger partial charge in [-0.05, 0) is 12.1 Å². The van der Waals surface area contributed by atoms with E-state index >= 15 is 0 Å². The molecule has 88 valence electrons. The van der Waals surface area contributed by atoms with Crippen molar-refractivity contribution in [1.82, 2.24) is 10.3 Å². The number of carbonyl (C=O) groups excluding carboxylic acids is 1. The lowest BCUT2D eigenvalue weighted by molar-refractivity contribution is 0.0951. The Hall–Kier alpha value is -1.47. The van der Waals surface area contributed by atoms with Crippen molar-refractivity contribution in [3.63, 3.8) is 0 Å². The molecule has 1 atom stereocenters. The maximum absolute atomic E-state index is 11.6. The first-order chi connectivity index (χ1) is 7.63. The van der Waals surface area contributed by atoms with Gasteiger partial charge in [0.15, 0.2) is 0 Å². The first kappa shape index (κ1) is 12.6. The number of aromatic nitrogens is 1. The van der Waals surface area contributed by atoms with Crippen molar-refractivity contribution in [2.24, 2.45) is 5.84 Å². The van der Waals surface area contributed by atoms with E-state index in [4.69, 9.17) is 5.84 Å². The summed E-state index contributed by atoms with van der Waals surface area (Å²) in [6.45, 7) is 0.365. The lowest BCUT2D eigenvalue weighted by Gasteiger charge is -2.04. The molecule has 0 fully saturated rings. The van der Waals surface area contributed by atoms with Gasteiger partial charge in [0.25, 0.3) is 5.91 Å². The number of anilines is 1. The van der Waals surface area contributed by atoms with Gasteiger partial charge in [0.2, 0.25) is 0 Å². The van der Waals surface area contributed by atoms with Gasteiger partial charge in [-0.2, -0.15) is 0 Å². The third kappa shape index (κ3) is 3.95. The summed E-state index contributed by atoms with van der Waals surface area (Å²) in [6.07, 6.45) is 1.59. The molecule has 0 saturated carbocycles. The standard InChI is InChI=1S/C9H14N4O2S/c1-16(15)6-5-11-9(14)7-3-2-4-8(12-7)13-10/h2-4H,5-6,10H2,1H3,(H,11,14)(H,12,13). The summed E-state index contributed by atoms with van der Waals surface area (Å²) in [5.74, 6) is 5.73. The molecular weight excluding hydrogens is 228 g/mol. The lowest BCUT2D eigenvalue weighted by Crippen LogP contribution is -2.28. The van der Waals surface area contributed by atoms with Crippen molar-refractivity contribution in [3.8, 4) is 0 Å². The fourth-order valence-electron chi connectivity index (χ4n) is 1.04. The zero-order chi connectivity index (χ0) is 12.0. The Balaban J connectivity index is 2.55. The van der Waals surface area contributed by atoms with Gasteiger partial charge in [-0.15, -0.1) is 0 Å². The molecule has 1 amide bonds. The molecule has 1 aromatic rings. The predicted molar refractivity (Wildman–Crippen MR) is 63.3 cm³/mol. The molecule has 0 aliphatic rings. The summed E-state index contributed by atoms with van der Waals surface area (Å²) >= 11 is 0. The summed E-state index contributed by atoms with van der Waals surface area (Å²) in [7, 11) is -0.912. The summed E-state index contributed by atoms with van der Waals surface area (Å²) in [6, 6.07) is 4.91. The number of nitrogens with zero attached hydrogens (tertiary/aromatic N) is 1. The van der Waals surface area contributed by atoms with Crippen molar-refractivity contribution in [3.05, 3.63) is 23.9 Å². The zero-order valence-electron chi connectivity index (χ0n) is 8.90. The Morgan fingerprint density at radius 2 is 2.31 bits per heavy atom. The van der Waals surface area contributed by atoms with Gasteiger partial charge >= 0.3 is 0 Å². The highest BCUT2D eigenvalue weighted by Crippen LogP contribution is 2.02. The number of nitrogen functional groups attached to an aromatic ring is 1. The van der Waals surface area contributed by atoms with Gasteiger partial charge in [-0.3, -0.25) is 9.00 Å². The van der Waals surface area contributed by atoms with E-state index in [-0.39, 0.29) is 11.6 Å². The van der Waals surface area contributed by atoms with E-state index in [1.807, 2.05) is 0 Å². The number of hydrogen-bond donors (Lipinski definition) is 3. The number of hydrazine groups is 1. The average Bonchev–Trinajstić information content (AvgIpc) is 2.28. The number of nitrogens with two attached hydrogens (primary N) is 1. The molecule has 0 radical (unpaired) electrons. The summed E-state index contributed by atoms with van der Waals surface area (Å²) in [5, 5.41) is 2.62. The number of hydrogen-bond acceptors (Lipinski definition) is 5. The van der Waals surface area contributed by atoms with Crippen molar-refractivity contribution in [2.45, 2.75) is 0 Å². The van der Waals surface area contributed by atoms with Gasteiger partial charge < -0.3 is 10.7 Å². The second kappa shape index (κ2) is 6.19. The van der Waals surface area contributed by atoms with Crippen LogP contribution in [0.5, 0.6) is 0 Å². The Bertz CT molecular complexity index is 397. The first-order valence-corrected chi connectivity index (χ1v) is 6.38. The van der Waals surface area contributed by atoms with Crippen molar-refractivity contribution < 1.29 is 9.00 Å². The van der Waals surface area contributed by atoms with E-state index < -0.39 is 10.8 Å². The van der Waals surface area contributed by atoms with Crippen LogP contribution < -0.4 is 16.6 Å². The molecule has 0 saturated heterocycles. The van der Waals surface area contributed by atoms with E-state index in [1.165, 1.54) is 0 Å². The normalized spacial score (nSPS) is 11.9. The molecule has 1 aromatic heterocycles. The zero-order valence-corrected chi connectivity index (χ0v) is 9.71. The van der Waals surface area contributed by atoms with Crippen LogP contribution in [-0.4, -0.2) is 33.7 Å². The highest BCUT2D eigenvalue weighted by molar-refractivity contribution is 7.84. The molecule has 4 N–H and O–H groups in total. The number of nitrogens with one attached hydrogen (secondary N) is 2. The van der Waals surface area contributed by atoms with Crippen LogP contribution in [0.4, 0.5) is 5.82 Å². The molecule has 7 heteroatoms. The molecule has 0 aliphatic heterocycles. The summed E-state index contributed by atoms with van der Waals surface area (Å²) < 4.78 is 10.8. The topological polar surface area (TPSA) is 97.1 Å². The molecule has 0 bridgehead atoms. The molecule has 0 aromatic carbocycles. The Morgan fingerprint density at radius 3 is 2.94 bits per heavy atom. The van der Waals surface area contributed by atoms with Gasteiger partial charge in [-0.1, -0.05) is 6.07 Å². The highest BCUT2D eigenvalue weighted by atomic mass is 32.2. The van der Waals surface area contributed by atoms with Gasteiger partial charge in [0.05, 0.1) is 0 Å². The minimum atomic E-state index is -0.912. The SMILES string of the molecule is CS(=O)CCNC(=O)c1cccc(NN)n1. The second-order valence-corrected chi connectivity index (χ2v) is 4.64. The molecule has 1 unspecified atom stereocenters. The molecule has 1 heterocycles. The Labute approximate surface area is 96.1 Å². The maximum Gasteiger partial charge on any atom is 0.269 e. The van der Waals surface area contributed by atoms with Crippen LogP contribution in [0, 0.1) is 0 Å². The number of pyridine rings is 1. The van der Waals surface area contributed by atoms with Crippen LogP contribution in [0.25, 0.3) is 0 Å². The number of rotatable bonds is 5. The molecule has 6 nitrogen and oxygen atoms in total. The fraction of sp³-hybridized carbons (Fsp3) is 0.333. The quantitative estimate of drug-likeness (QED) is 0.476. The molecule has 0 spiro atoms. The maximum atomic E-state index is 11.6. The van der Waals surface area contributed by atoms with Gasteiger partial charge in [0.1, 0.15) is 11.5 Å². The average molecular weight is 242 g/mol. The third-order valence-electron chi connectivity index (χ3n) is 1.80. The van der Waals surface area contributed by atoms with Crippen LogP contribution in [-0.2, 0) is 10.8 Å². The van der Waals surface area contributed by atoms with Crippen molar-refractivity contribution in [1.29, 1.82) is 0 Å². The predicted octanol–water partition coefficient (Wildman–Crippen LogP) is -0.524. The van der Waals surface area contributed by atoms with Gasteiger partial charge in [-0.25, -0.2) is 10.8 Å². The molecule has 0 aliphatic carbocycles. The third-order valence-corrected chi connectivity index (χ3v) is 2.58. The number of amides is 1. The van der Waals surface area contributed by atoms with E-state index in [9.17, 15) is 9.00 Å². The van der Waals surface area contributed by atoms with Gasteiger partial charge in [0, 0.05) is 29.4 Å². The summed E-state index contributed by atoms with van der Waals surface area (Å²) in [5.41, 5.74) is 2.63. The molecule has 1 rings (SSSR count). The van der Waals surface area contributed by atoms with E-state index in [1.54, 1.807) is 24.5 Å². The van der Waals surface area contributed by atoms with E-state index in [0.717, 1.165) is 0 Å². The highest BCUT2D eigenvalue weighted by Gasteiger charge is 2.06. The summed E-state index contributed by atoms with van der Waals surface area (Å²) in [4.78, 5) is 15.5. The minimum absolute atomic E-state index is 0.275. The van der Waals surface area contributed by atoms with E-state index in [0.29, 0.717) is 18.1 Å². The van der Waals surface area contributed by atoms with Crippen LogP contribution in [0.2, 0.25) is 0 Å². The molecule has 16 heavy (non-hydrogen) atoms. The minimum Gasteiger partial charge on any atom is -0.350 e. The molecular formula is C9H14N4O2S. The van der Waals surface area contributed by atoms with Crippen LogP contribution in [0.1, 0.15) is 10.5 Å². The van der Waals surface area contributed by atoms with Crippen molar-refractivity contribution in [2.75, 3.05) is 24.0 Å². The number of carbonyl (C=O) groups is 1. The van der Waals surface area contributed by atoms with Crippen molar-refractivity contribution >= 4 is 22.5 Å². The van der Waals surface area contributed by atoms with Crippen LogP contribution in [0.15, 0.2) is 18.2 Å². The smallest absolute Gasteiger partial charge is 0.269 e. The Kier molecular flexibility index (Phi) is 4.87. The Morgan fingerprint density at radius 1 is 1.56 bits per heavy atom.